The Labute approximate surface area is 97.9 Å². The Morgan fingerprint density at radius 1 is 0.867 bits per heavy atom. The smallest absolute Gasteiger partial charge is 0.134 e. The number of phenolic OH excluding ortho intramolecular Hbond substituents is 1. The molecule has 0 saturated heterocycles. The van der Waals surface area contributed by atoms with Gasteiger partial charge in [-0.05, 0) is 23.8 Å². The zero-order valence-corrected chi connectivity index (χ0v) is 9.26. The van der Waals surface area contributed by atoms with Crippen molar-refractivity contribution in [3.63, 3.8) is 0 Å². The second-order valence-corrected chi connectivity index (χ2v) is 3.96. The molecule has 2 aromatic rings. The van der Waals surface area contributed by atoms with Gasteiger partial charge in [-0.2, -0.15) is 0 Å². The Hall–Kier alpha value is -1.18. The number of halogens is 2. The first-order valence-electron chi connectivity index (χ1n) is 4.42. The van der Waals surface area contributed by atoms with Crippen LogP contribution in [0.1, 0.15) is 0 Å². The van der Waals surface area contributed by atoms with E-state index in [1.54, 1.807) is 12.1 Å². The SMILES string of the molecule is Oc1cc(-c2ccccc2Cl)ccc1Cl. The van der Waals surface area contributed by atoms with E-state index in [0.29, 0.717) is 10.0 Å². The van der Waals surface area contributed by atoms with Gasteiger partial charge in [0.1, 0.15) is 5.75 Å². The van der Waals surface area contributed by atoms with E-state index in [-0.39, 0.29) is 5.75 Å². The van der Waals surface area contributed by atoms with Gasteiger partial charge in [-0.3, -0.25) is 0 Å². The lowest BCUT2D eigenvalue weighted by Gasteiger charge is -2.05. The summed E-state index contributed by atoms with van der Waals surface area (Å²) in [7, 11) is 0. The molecule has 0 aliphatic rings. The van der Waals surface area contributed by atoms with Gasteiger partial charge in [0, 0.05) is 10.6 Å². The minimum absolute atomic E-state index is 0.0640. The van der Waals surface area contributed by atoms with Crippen LogP contribution in [0.4, 0.5) is 0 Å². The molecule has 0 bridgehead atoms. The van der Waals surface area contributed by atoms with Crippen LogP contribution in [0.5, 0.6) is 5.75 Å². The minimum Gasteiger partial charge on any atom is -0.506 e. The van der Waals surface area contributed by atoms with Crippen LogP contribution >= 0.6 is 23.2 Å². The third-order valence-corrected chi connectivity index (χ3v) is 2.78. The second kappa shape index (κ2) is 4.13. The molecule has 3 heteroatoms. The average Bonchev–Trinajstić information content (AvgIpc) is 2.23. The van der Waals surface area contributed by atoms with E-state index in [2.05, 4.69) is 0 Å². The van der Waals surface area contributed by atoms with Crippen LogP contribution in [0.25, 0.3) is 11.1 Å². The Kier molecular flexibility index (Phi) is 2.85. The zero-order chi connectivity index (χ0) is 10.8. The molecule has 0 aromatic heterocycles. The number of hydrogen-bond donors (Lipinski definition) is 1. The molecular formula is C12H8Cl2O. The van der Waals surface area contributed by atoms with Gasteiger partial charge in [-0.25, -0.2) is 0 Å². The number of benzene rings is 2. The molecule has 0 aliphatic carbocycles. The molecule has 2 rings (SSSR count). The fourth-order valence-corrected chi connectivity index (χ4v) is 1.74. The standard InChI is InChI=1S/C12H8Cl2O/c13-10-4-2-1-3-9(10)8-5-6-11(14)12(15)7-8/h1-7,15H. The first-order chi connectivity index (χ1) is 7.18. The maximum absolute atomic E-state index is 9.48. The van der Waals surface area contributed by atoms with Crippen LogP contribution < -0.4 is 0 Å². The van der Waals surface area contributed by atoms with Gasteiger partial charge in [0.25, 0.3) is 0 Å². The molecular weight excluding hydrogens is 231 g/mol. The van der Waals surface area contributed by atoms with Crippen molar-refractivity contribution in [1.82, 2.24) is 0 Å². The van der Waals surface area contributed by atoms with Gasteiger partial charge in [-0.15, -0.1) is 0 Å². The molecule has 0 aliphatic heterocycles. The van der Waals surface area contributed by atoms with Crippen molar-refractivity contribution < 1.29 is 5.11 Å². The quantitative estimate of drug-likeness (QED) is 0.783. The largest absolute Gasteiger partial charge is 0.506 e. The van der Waals surface area contributed by atoms with Gasteiger partial charge in [-0.1, -0.05) is 47.5 Å². The average molecular weight is 239 g/mol. The van der Waals surface area contributed by atoms with Crippen molar-refractivity contribution in [3.8, 4) is 16.9 Å². The molecule has 0 fully saturated rings. The number of rotatable bonds is 1. The Morgan fingerprint density at radius 3 is 2.27 bits per heavy atom. The molecule has 0 heterocycles. The van der Waals surface area contributed by atoms with Crippen molar-refractivity contribution >= 4 is 23.2 Å². The van der Waals surface area contributed by atoms with Crippen molar-refractivity contribution in [2.24, 2.45) is 0 Å². The Balaban J connectivity index is 2.55. The molecule has 0 unspecified atom stereocenters. The van der Waals surface area contributed by atoms with E-state index in [0.717, 1.165) is 11.1 Å². The van der Waals surface area contributed by atoms with E-state index in [4.69, 9.17) is 23.2 Å². The molecule has 15 heavy (non-hydrogen) atoms. The van der Waals surface area contributed by atoms with Gasteiger partial charge in [0.2, 0.25) is 0 Å². The maximum atomic E-state index is 9.48. The fraction of sp³-hybridized carbons (Fsp3) is 0. The summed E-state index contributed by atoms with van der Waals surface area (Å²) in [6.07, 6.45) is 0. The van der Waals surface area contributed by atoms with Gasteiger partial charge in [0.05, 0.1) is 5.02 Å². The molecule has 0 atom stereocenters. The topological polar surface area (TPSA) is 20.2 Å². The van der Waals surface area contributed by atoms with Gasteiger partial charge < -0.3 is 5.11 Å². The summed E-state index contributed by atoms with van der Waals surface area (Å²) in [5, 5.41) is 10.5. The molecule has 1 nitrogen and oxygen atoms in total. The highest BCUT2D eigenvalue weighted by Gasteiger charge is 2.05. The zero-order valence-electron chi connectivity index (χ0n) is 7.74. The van der Waals surface area contributed by atoms with Crippen LogP contribution in [0, 0.1) is 0 Å². The highest BCUT2D eigenvalue weighted by molar-refractivity contribution is 6.33. The molecule has 2 aromatic carbocycles. The van der Waals surface area contributed by atoms with E-state index in [9.17, 15) is 5.11 Å². The summed E-state index contributed by atoms with van der Waals surface area (Å²) in [6.45, 7) is 0. The molecule has 0 spiro atoms. The van der Waals surface area contributed by atoms with Gasteiger partial charge >= 0.3 is 0 Å². The predicted molar refractivity (Wildman–Crippen MR) is 63.6 cm³/mol. The van der Waals surface area contributed by atoms with E-state index in [1.807, 2.05) is 30.3 Å². The Morgan fingerprint density at radius 2 is 1.60 bits per heavy atom. The summed E-state index contributed by atoms with van der Waals surface area (Å²) in [5.41, 5.74) is 1.73. The third kappa shape index (κ3) is 2.09. The summed E-state index contributed by atoms with van der Waals surface area (Å²) in [5.74, 6) is 0.0640. The lowest BCUT2D eigenvalue weighted by atomic mass is 10.1. The maximum Gasteiger partial charge on any atom is 0.134 e. The number of aromatic hydroxyl groups is 1. The number of hydrogen-bond acceptors (Lipinski definition) is 1. The van der Waals surface area contributed by atoms with Crippen LogP contribution in [0.3, 0.4) is 0 Å². The summed E-state index contributed by atoms with van der Waals surface area (Å²) < 4.78 is 0. The molecule has 0 saturated carbocycles. The van der Waals surface area contributed by atoms with E-state index < -0.39 is 0 Å². The number of phenols is 1. The van der Waals surface area contributed by atoms with Crippen LogP contribution in [-0.2, 0) is 0 Å². The van der Waals surface area contributed by atoms with E-state index in [1.165, 1.54) is 0 Å². The van der Waals surface area contributed by atoms with Crippen LogP contribution in [0.2, 0.25) is 10.0 Å². The fourth-order valence-electron chi connectivity index (χ4n) is 1.38. The Bertz CT molecular complexity index is 495. The molecule has 0 amide bonds. The monoisotopic (exact) mass is 238 g/mol. The van der Waals surface area contributed by atoms with Crippen molar-refractivity contribution in [3.05, 3.63) is 52.5 Å². The highest BCUT2D eigenvalue weighted by atomic mass is 35.5. The van der Waals surface area contributed by atoms with Crippen molar-refractivity contribution in [2.45, 2.75) is 0 Å². The lowest BCUT2D eigenvalue weighted by molar-refractivity contribution is 0.476. The molecule has 76 valence electrons. The summed E-state index contributed by atoms with van der Waals surface area (Å²) in [6, 6.07) is 12.5. The lowest BCUT2D eigenvalue weighted by Crippen LogP contribution is -1.79. The predicted octanol–water partition coefficient (Wildman–Crippen LogP) is 4.37. The van der Waals surface area contributed by atoms with Gasteiger partial charge in [0.15, 0.2) is 0 Å². The molecule has 0 radical (unpaired) electrons. The van der Waals surface area contributed by atoms with Crippen molar-refractivity contribution in [1.29, 1.82) is 0 Å². The van der Waals surface area contributed by atoms with E-state index >= 15 is 0 Å². The highest BCUT2D eigenvalue weighted by Crippen LogP contribution is 2.32. The van der Waals surface area contributed by atoms with Crippen LogP contribution in [0.15, 0.2) is 42.5 Å². The summed E-state index contributed by atoms with van der Waals surface area (Å²) >= 11 is 11.8. The molecule has 1 N–H and O–H groups in total. The second-order valence-electron chi connectivity index (χ2n) is 3.15. The van der Waals surface area contributed by atoms with Crippen LogP contribution in [-0.4, -0.2) is 5.11 Å². The minimum atomic E-state index is 0.0640. The first-order valence-corrected chi connectivity index (χ1v) is 5.17. The van der Waals surface area contributed by atoms with Crippen molar-refractivity contribution in [2.75, 3.05) is 0 Å². The normalized spacial score (nSPS) is 10.3. The first kappa shape index (κ1) is 10.3. The summed E-state index contributed by atoms with van der Waals surface area (Å²) in [4.78, 5) is 0. The third-order valence-electron chi connectivity index (χ3n) is 2.13.